The highest BCUT2D eigenvalue weighted by atomic mass is 16.5. The monoisotopic (exact) mass is 493 g/mol. The lowest BCUT2D eigenvalue weighted by atomic mass is 10.00. The van der Waals surface area contributed by atoms with Crippen molar-refractivity contribution in [2.45, 2.75) is 26.1 Å². The minimum Gasteiger partial charge on any atom is -0.495 e. The van der Waals surface area contributed by atoms with Gasteiger partial charge in [0.25, 0.3) is 5.91 Å². The summed E-state index contributed by atoms with van der Waals surface area (Å²) < 4.78 is 11.5. The summed E-state index contributed by atoms with van der Waals surface area (Å²) in [5, 5.41) is 3.64. The van der Waals surface area contributed by atoms with Crippen LogP contribution in [-0.2, 0) is 4.74 Å². The van der Waals surface area contributed by atoms with Crippen molar-refractivity contribution in [1.29, 1.82) is 0 Å². The summed E-state index contributed by atoms with van der Waals surface area (Å²) >= 11 is 0. The molecule has 0 spiro atoms. The lowest BCUT2D eigenvalue weighted by molar-refractivity contribution is -0.00545. The Morgan fingerprint density at radius 2 is 1.81 bits per heavy atom. The van der Waals surface area contributed by atoms with Gasteiger partial charge in [0.2, 0.25) is 0 Å². The van der Waals surface area contributed by atoms with E-state index in [0.717, 1.165) is 35.4 Å². The SMILES string of the molecule is [C-]#[N+]c1ccc(-c2cccc3c(OC)c(C(=O)Nc4ccc(N5C[C@@H](C)O[C@@H](C)C5)nc4)cnc23)cc1. The number of carbonyl (C=O) groups excluding carboxylic acids is 1. The number of methoxy groups -OCH3 is 1. The van der Waals surface area contributed by atoms with E-state index in [1.807, 2.05) is 42.5 Å². The number of rotatable bonds is 5. The number of carbonyl (C=O) groups is 1. The quantitative estimate of drug-likeness (QED) is 0.358. The van der Waals surface area contributed by atoms with Gasteiger partial charge in [-0.2, -0.15) is 0 Å². The van der Waals surface area contributed by atoms with Gasteiger partial charge in [0.15, 0.2) is 5.69 Å². The molecule has 1 saturated heterocycles. The van der Waals surface area contributed by atoms with Gasteiger partial charge in [-0.15, -0.1) is 0 Å². The molecule has 0 aliphatic carbocycles. The Hall–Kier alpha value is -4.48. The van der Waals surface area contributed by atoms with Crippen LogP contribution in [0.2, 0.25) is 0 Å². The van der Waals surface area contributed by atoms with Gasteiger partial charge in [-0.05, 0) is 37.6 Å². The predicted molar refractivity (Wildman–Crippen MR) is 144 cm³/mol. The van der Waals surface area contributed by atoms with Crippen molar-refractivity contribution in [2.75, 3.05) is 30.4 Å². The number of nitrogens with one attached hydrogen (secondary N) is 1. The third-order valence-electron chi connectivity index (χ3n) is 6.35. The van der Waals surface area contributed by atoms with Crippen LogP contribution in [-0.4, -0.2) is 48.3 Å². The van der Waals surface area contributed by atoms with Gasteiger partial charge in [-0.3, -0.25) is 9.78 Å². The van der Waals surface area contributed by atoms with Crippen molar-refractivity contribution >= 4 is 34.0 Å². The second kappa shape index (κ2) is 10.2. The second-order valence-corrected chi connectivity index (χ2v) is 9.09. The van der Waals surface area contributed by atoms with E-state index in [2.05, 4.69) is 38.9 Å². The molecule has 8 nitrogen and oxygen atoms in total. The van der Waals surface area contributed by atoms with Crippen LogP contribution in [0, 0.1) is 6.57 Å². The molecule has 0 bridgehead atoms. The average molecular weight is 494 g/mol. The molecule has 4 aromatic rings. The molecule has 8 heteroatoms. The van der Waals surface area contributed by atoms with Crippen molar-refractivity contribution in [1.82, 2.24) is 9.97 Å². The van der Waals surface area contributed by atoms with Gasteiger partial charge in [-0.1, -0.05) is 36.4 Å². The van der Waals surface area contributed by atoms with Crippen LogP contribution in [0.3, 0.4) is 0 Å². The van der Waals surface area contributed by atoms with Crippen molar-refractivity contribution < 1.29 is 14.3 Å². The Kier molecular flexibility index (Phi) is 6.71. The number of para-hydroxylation sites is 1. The van der Waals surface area contributed by atoms with Crippen LogP contribution < -0.4 is 15.0 Å². The fourth-order valence-electron chi connectivity index (χ4n) is 4.74. The first-order valence-electron chi connectivity index (χ1n) is 12.1. The maximum Gasteiger partial charge on any atom is 0.261 e. The first-order chi connectivity index (χ1) is 18.0. The zero-order valence-corrected chi connectivity index (χ0v) is 20.9. The van der Waals surface area contributed by atoms with E-state index >= 15 is 0 Å². The lowest BCUT2D eigenvalue weighted by Gasteiger charge is -2.36. The number of fused-ring (bicyclic) bond motifs is 1. The van der Waals surface area contributed by atoms with Crippen molar-refractivity contribution in [2.24, 2.45) is 0 Å². The number of hydrogen-bond acceptors (Lipinski definition) is 6. The largest absolute Gasteiger partial charge is 0.495 e. The predicted octanol–water partition coefficient (Wildman–Crippen LogP) is 5.72. The summed E-state index contributed by atoms with van der Waals surface area (Å²) in [6.07, 6.45) is 3.46. The maximum absolute atomic E-state index is 13.2. The Labute approximate surface area is 215 Å². The molecule has 5 rings (SSSR count). The minimum atomic E-state index is -0.332. The van der Waals surface area contributed by atoms with Gasteiger partial charge in [0, 0.05) is 30.2 Å². The van der Waals surface area contributed by atoms with E-state index in [1.165, 1.54) is 6.20 Å². The highest BCUT2D eigenvalue weighted by Gasteiger charge is 2.23. The molecule has 1 aliphatic heterocycles. The van der Waals surface area contributed by atoms with Gasteiger partial charge in [0.05, 0.1) is 43.3 Å². The van der Waals surface area contributed by atoms with Crippen LogP contribution in [0.1, 0.15) is 24.2 Å². The molecule has 2 atom stereocenters. The molecule has 1 amide bonds. The van der Waals surface area contributed by atoms with E-state index in [1.54, 1.807) is 25.4 Å². The van der Waals surface area contributed by atoms with E-state index < -0.39 is 0 Å². The van der Waals surface area contributed by atoms with Crippen molar-refractivity contribution in [3.05, 3.63) is 84.0 Å². The molecule has 0 saturated carbocycles. The normalized spacial score (nSPS) is 17.3. The number of aromatic nitrogens is 2. The lowest BCUT2D eigenvalue weighted by Crippen LogP contribution is -2.45. The number of nitrogens with zero attached hydrogens (tertiary/aromatic N) is 4. The summed E-state index contributed by atoms with van der Waals surface area (Å²) in [4.78, 5) is 28.0. The van der Waals surface area contributed by atoms with Crippen LogP contribution >= 0.6 is 0 Å². The number of amides is 1. The Bertz CT molecular complexity index is 1470. The summed E-state index contributed by atoms with van der Waals surface area (Å²) in [5.41, 5.74) is 4.02. The number of ether oxygens (including phenoxy) is 2. The van der Waals surface area contributed by atoms with Crippen molar-refractivity contribution in [3.63, 3.8) is 0 Å². The zero-order chi connectivity index (χ0) is 25.9. The fourth-order valence-corrected chi connectivity index (χ4v) is 4.74. The summed E-state index contributed by atoms with van der Waals surface area (Å²) in [6, 6.07) is 16.8. The highest BCUT2D eigenvalue weighted by molar-refractivity contribution is 6.10. The molecule has 3 heterocycles. The van der Waals surface area contributed by atoms with Crippen LogP contribution in [0.4, 0.5) is 17.2 Å². The zero-order valence-electron chi connectivity index (χ0n) is 20.9. The number of benzene rings is 2. The molecule has 2 aromatic carbocycles. The van der Waals surface area contributed by atoms with Crippen LogP contribution in [0.5, 0.6) is 5.75 Å². The van der Waals surface area contributed by atoms with Gasteiger partial charge >= 0.3 is 0 Å². The van der Waals surface area contributed by atoms with Crippen LogP contribution in [0.15, 0.2) is 67.0 Å². The summed E-state index contributed by atoms with van der Waals surface area (Å²) in [6.45, 7) is 12.8. The van der Waals surface area contributed by atoms with Gasteiger partial charge in [-0.25, -0.2) is 9.83 Å². The molecular weight excluding hydrogens is 466 g/mol. The molecule has 0 radical (unpaired) electrons. The topological polar surface area (TPSA) is 80.9 Å². The summed E-state index contributed by atoms with van der Waals surface area (Å²) in [7, 11) is 1.55. The van der Waals surface area contributed by atoms with E-state index in [-0.39, 0.29) is 18.1 Å². The number of pyridine rings is 2. The van der Waals surface area contributed by atoms with E-state index in [0.29, 0.717) is 28.2 Å². The molecule has 1 aliphatic rings. The third-order valence-corrected chi connectivity index (χ3v) is 6.35. The van der Waals surface area contributed by atoms with Gasteiger partial charge < -0.3 is 19.7 Å². The molecule has 186 valence electrons. The summed E-state index contributed by atoms with van der Waals surface area (Å²) in [5.74, 6) is 0.964. The third kappa shape index (κ3) is 4.95. The first-order valence-corrected chi connectivity index (χ1v) is 12.1. The fraction of sp³-hybridized carbons (Fsp3) is 0.241. The molecule has 1 N–H and O–H groups in total. The maximum atomic E-state index is 13.2. The molecule has 2 aromatic heterocycles. The van der Waals surface area contributed by atoms with Crippen LogP contribution in [0.25, 0.3) is 26.9 Å². The Morgan fingerprint density at radius 1 is 1.05 bits per heavy atom. The van der Waals surface area contributed by atoms with E-state index in [4.69, 9.17) is 16.0 Å². The number of morpholine rings is 1. The second-order valence-electron chi connectivity index (χ2n) is 9.09. The number of hydrogen-bond donors (Lipinski definition) is 1. The smallest absolute Gasteiger partial charge is 0.261 e. The average Bonchev–Trinajstić information content (AvgIpc) is 2.92. The van der Waals surface area contributed by atoms with Crippen molar-refractivity contribution in [3.8, 4) is 16.9 Å². The highest BCUT2D eigenvalue weighted by Crippen LogP contribution is 2.35. The number of anilines is 2. The Morgan fingerprint density at radius 3 is 2.46 bits per heavy atom. The first kappa shape index (κ1) is 24.2. The van der Waals surface area contributed by atoms with E-state index in [9.17, 15) is 4.79 Å². The molecule has 37 heavy (non-hydrogen) atoms. The molecular formula is C29H27N5O3. The Balaban J connectivity index is 1.40. The molecule has 1 fully saturated rings. The minimum absolute atomic E-state index is 0.136. The molecule has 0 unspecified atom stereocenters. The van der Waals surface area contributed by atoms with Gasteiger partial charge in [0.1, 0.15) is 17.1 Å². The standard InChI is InChI=1S/C29H27N5O3/c1-18-16-34(17-19(2)37-18)26-13-12-22(14-31-26)33-29(35)25-15-32-27-23(6-5-7-24(27)28(25)36-4)20-8-10-21(30-3)11-9-20/h5-15,18-19H,16-17H2,1-2,4H3,(H,33,35)/t18-,19+.